The van der Waals surface area contributed by atoms with Crippen LogP contribution < -0.4 is 9.47 Å². The molecule has 2 nitrogen and oxygen atoms in total. The first kappa shape index (κ1) is 11.2. The van der Waals surface area contributed by atoms with Crippen LogP contribution in [0.5, 0.6) is 11.5 Å². The number of rotatable bonds is 5. The van der Waals surface area contributed by atoms with Gasteiger partial charge in [0, 0.05) is 0 Å². The van der Waals surface area contributed by atoms with Crippen molar-refractivity contribution >= 4 is 11.8 Å². The summed E-state index contributed by atoms with van der Waals surface area (Å²) in [5, 5.41) is 0. The lowest BCUT2D eigenvalue weighted by atomic mass is 10.1. The molecule has 0 aliphatic heterocycles. The van der Waals surface area contributed by atoms with Crippen LogP contribution in [0.4, 0.5) is 0 Å². The zero-order chi connectivity index (χ0) is 10.4. The fourth-order valence-corrected chi connectivity index (χ4v) is 1.70. The Hall–Kier alpha value is -0.830. The third-order valence-electron chi connectivity index (χ3n) is 2.04. The molecule has 0 aliphatic carbocycles. The van der Waals surface area contributed by atoms with E-state index in [9.17, 15) is 0 Å². The van der Waals surface area contributed by atoms with E-state index in [1.807, 2.05) is 23.9 Å². The predicted molar refractivity (Wildman–Crippen MR) is 61.6 cm³/mol. The number of aryl methyl sites for hydroxylation is 1. The molecule has 0 aromatic heterocycles. The van der Waals surface area contributed by atoms with Crippen molar-refractivity contribution < 1.29 is 9.47 Å². The molecule has 1 aromatic rings. The quantitative estimate of drug-likeness (QED) is 0.747. The molecule has 0 radical (unpaired) electrons. The van der Waals surface area contributed by atoms with Crippen LogP contribution in [-0.4, -0.2) is 26.2 Å². The fraction of sp³-hybridized carbons (Fsp3) is 0.455. The van der Waals surface area contributed by atoms with Crippen molar-refractivity contribution in [1.29, 1.82) is 0 Å². The van der Waals surface area contributed by atoms with E-state index in [1.165, 1.54) is 5.56 Å². The molecular weight excluding hydrogens is 196 g/mol. The van der Waals surface area contributed by atoms with Gasteiger partial charge >= 0.3 is 0 Å². The van der Waals surface area contributed by atoms with E-state index in [1.54, 1.807) is 14.2 Å². The van der Waals surface area contributed by atoms with Crippen LogP contribution in [0.15, 0.2) is 18.2 Å². The van der Waals surface area contributed by atoms with Crippen LogP contribution in [-0.2, 0) is 6.42 Å². The van der Waals surface area contributed by atoms with Crippen molar-refractivity contribution in [2.45, 2.75) is 6.42 Å². The van der Waals surface area contributed by atoms with Gasteiger partial charge in [-0.3, -0.25) is 0 Å². The van der Waals surface area contributed by atoms with E-state index in [-0.39, 0.29) is 0 Å². The summed E-state index contributed by atoms with van der Waals surface area (Å²) in [6, 6.07) is 6.07. The van der Waals surface area contributed by atoms with E-state index in [2.05, 4.69) is 12.3 Å². The Kier molecular flexibility index (Phi) is 4.66. The summed E-state index contributed by atoms with van der Waals surface area (Å²) in [4.78, 5) is 0. The Bertz CT molecular complexity index is 287. The summed E-state index contributed by atoms with van der Waals surface area (Å²) in [5.41, 5.74) is 1.29. The lowest BCUT2D eigenvalue weighted by Gasteiger charge is -2.08. The summed E-state index contributed by atoms with van der Waals surface area (Å²) in [6.45, 7) is 0. The Morgan fingerprint density at radius 2 is 1.86 bits per heavy atom. The maximum absolute atomic E-state index is 5.23. The largest absolute Gasteiger partial charge is 0.493 e. The van der Waals surface area contributed by atoms with Gasteiger partial charge in [0.25, 0.3) is 0 Å². The minimum absolute atomic E-state index is 0.792. The number of ether oxygens (including phenoxy) is 2. The standard InChI is InChI=1S/C11H16O2S/c1-12-10-5-4-9(6-7-14-3)8-11(10)13-2/h4-5,8H,6-7H2,1-3H3. The molecule has 0 spiro atoms. The highest BCUT2D eigenvalue weighted by molar-refractivity contribution is 7.98. The Morgan fingerprint density at radius 3 is 2.43 bits per heavy atom. The van der Waals surface area contributed by atoms with Gasteiger partial charge in [0.15, 0.2) is 11.5 Å². The van der Waals surface area contributed by atoms with Crippen LogP contribution in [0.1, 0.15) is 5.56 Å². The zero-order valence-corrected chi connectivity index (χ0v) is 9.69. The average Bonchev–Trinajstić information content (AvgIpc) is 2.25. The first-order chi connectivity index (χ1) is 6.81. The first-order valence-electron chi connectivity index (χ1n) is 4.51. The van der Waals surface area contributed by atoms with E-state index in [4.69, 9.17) is 9.47 Å². The van der Waals surface area contributed by atoms with Gasteiger partial charge in [-0.25, -0.2) is 0 Å². The molecule has 0 aliphatic rings. The summed E-state index contributed by atoms with van der Waals surface area (Å²) < 4.78 is 10.4. The highest BCUT2D eigenvalue weighted by atomic mass is 32.2. The van der Waals surface area contributed by atoms with Crippen molar-refractivity contribution in [2.24, 2.45) is 0 Å². The molecule has 3 heteroatoms. The van der Waals surface area contributed by atoms with Crippen LogP contribution in [0, 0.1) is 0 Å². The molecule has 78 valence electrons. The van der Waals surface area contributed by atoms with Gasteiger partial charge < -0.3 is 9.47 Å². The van der Waals surface area contributed by atoms with Crippen molar-refractivity contribution in [3.8, 4) is 11.5 Å². The maximum atomic E-state index is 5.23. The van der Waals surface area contributed by atoms with Gasteiger partial charge in [-0.2, -0.15) is 11.8 Å². The van der Waals surface area contributed by atoms with Gasteiger partial charge in [-0.1, -0.05) is 6.07 Å². The van der Waals surface area contributed by atoms with Gasteiger partial charge in [0.2, 0.25) is 0 Å². The van der Waals surface area contributed by atoms with Crippen LogP contribution in [0.25, 0.3) is 0 Å². The van der Waals surface area contributed by atoms with Crippen LogP contribution >= 0.6 is 11.8 Å². The highest BCUT2D eigenvalue weighted by Gasteiger charge is 2.03. The highest BCUT2D eigenvalue weighted by Crippen LogP contribution is 2.27. The van der Waals surface area contributed by atoms with Crippen molar-refractivity contribution in [3.63, 3.8) is 0 Å². The molecule has 0 amide bonds. The molecule has 0 saturated heterocycles. The number of hydrogen-bond acceptors (Lipinski definition) is 3. The number of hydrogen-bond donors (Lipinski definition) is 0. The first-order valence-corrected chi connectivity index (χ1v) is 5.91. The molecule has 0 N–H and O–H groups in total. The topological polar surface area (TPSA) is 18.5 Å². The summed E-state index contributed by atoms with van der Waals surface area (Å²) >= 11 is 1.85. The van der Waals surface area contributed by atoms with Crippen LogP contribution in [0.3, 0.4) is 0 Å². The Morgan fingerprint density at radius 1 is 1.14 bits per heavy atom. The molecule has 0 saturated carbocycles. The van der Waals surface area contributed by atoms with Gasteiger partial charge in [-0.15, -0.1) is 0 Å². The summed E-state index contributed by atoms with van der Waals surface area (Å²) in [5.74, 6) is 2.74. The van der Waals surface area contributed by atoms with Crippen LogP contribution in [0.2, 0.25) is 0 Å². The second kappa shape index (κ2) is 5.81. The molecule has 14 heavy (non-hydrogen) atoms. The maximum Gasteiger partial charge on any atom is 0.160 e. The van der Waals surface area contributed by atoms with Crippen molar-refractivity contribution in [1.82, 2.24) is 0 Å². The minimum Gasteiger partial charge on any atom is -0.493 e. The number of thioether (sulfide) groups is 1. The predicted octanol–water partition coefficient (Wildman–Crippen LogP) is 2.61. The molecule has 0 unspecified atom stereocenters. The molecule has 0 atom stereocenters. The smallest absolute Gasteiger partial charge is 0.160 e. The molecule has 1 aromatic carbocycles. The monoisotopic (exact) mass is 212 g/mol. The molecular formula is C11H16O2S. The molecule has 0 heterocycles. The molecule has 0 fully saturated rings. The summed E-state index contributed by atoms with van der Waals surface area (Å²) in [6.07, 6.45) is 3.18. The van der Waals surface area contributed by atoms with E-state index in [0.29, 0.717) is 0 Å². The van der Waals surface area contributed by atoms with Gasteiger partial charge in [0.05, 0.1) is 14.2 Å². The van der Waals surface area contributed by atoms with Crippen molar-refractivity contribution in [2.75, 3.05) is 26.2 Å². The number of benzene rings is 1. The lowest BCUT2D eigenvalue weighted by Crippen LogP contribution is -1.93. The average molecular weight is 212 g/mol. The summed E-state index contributed by atoms with van der Waals surface area (Å²) in [7, 11) is 3.32. The Balaban J connectivity index is 2.79. The number of methoxy groups -OCH3 is 2. The lowest BCUT2D eigenvalue weighted by molar-refractivity contribution is 0.354. The fourth-order valence-electron chi connectivity index (χ4n) is 1.26. The van der Waals surface area contributed by atoms with Gasteiger partial charge in [0.1, 0.15) is 0 Å². The zero-order valence-electron chi connectivity index (χ0n) is 8.87. The third-order valence-corrected chi connectivity index (χ3v) is 2.66. The SMILES string of the molecule is COc1ccc(CCSC)cc1OC. The Labute approximate surface area is 89.6 Å². The van der Waals surface area contributed by atoms with Gasteiger partial charge in [-0.05, 0) is 36.1 Å². The van der Waals surface area contributed by atoms with Crippen molar-refractivity contribution in [3.05, 3.63) is 23.8 Å². The second-order valence-corrected chi connectivity index (χ2v) is 3.92. The molecule has 1 rings (SSSR count). The van der Waals surface area contributed by atoms with E-state index >= 15 is 0 Å². The minimum atomic E-state index is 0.792. The third kappa shape index (κ3) is 2.84. The normalized spacial score (nSPS) is 9.93. The van der Waals surface area contributed by atoms with E-state index in [0.717, 1.165) is 23.7 Å². The van der Waals surface area contributed by atoms with E-state index < -0.39 is 0 Å². The molecule has 0 bridgehead atoms. The second-order valence-electron chi connectivity index (χ2n) is 2.93.